The molecule has 2 aliphatic heterocycles. The van der Waals surface area contributed by atoms with Crippen molar-refractivity contribution < 1.29 is 14.7 Å². The number of carbonyl (C=O) groups excluding carboxylic acids is 1. The Morgan fingerprint density at radius 2 is 1.76 bits per heavy atom. The molecule has 2 heterocycles. The van der Waals surface area contributed by atoms with Gasteiger partial charge in [0.1, 0.15) is 0 Å². The van der Waals surface area contributed by atoms with Crippen LogP contribution in [0.3, 0.4) is 0 Å². The fraction of sp³-hybridized carbons (Fsp3) is 0.600. The largest absolute Gasteiger partial charge is 0.478 e. The Kier molecular flexibility index (Phi) is 5.74. The molecule has 1 atom stereocenters. The predicted octanol–water partition coefficient (Wildman–Crippen LogP) is 2.82. The number of benzene rings is 1. The first-order valence-corrected chi connectivity index (χ1v) is 9.36. The molecule has 2 aliphatic rings. The van der Waals surface area contributed by atoms with Gasteiger partial charge >= 0.3 is 5.97 Å². The average Bonchev–Trinajstić information content (AvgIpc) is 2.64. The van der Waals surface area contributed by atoms with E-state index in [0.29, 0.717) is 18.0 Å². The second-order valence-corrected chi connectivity index (χ2v) is 7.56. The molecule has 5 nitrogen and oxygen atoms in total. The SMILES string of the molecule is CC1CCN(CC(=O)N2CCCC(c3ccc(C(=O)O)cc3)C2)CC1. The van der Waals surface area contributed by atoms with E-state index in [-0.39, 0.29) is 5.91 Å². The molecule has 25 heavy (non-hydrogen) atoms. The zero-order valence-electron chi connectivity index (χ0n) is 15.0. The van der Waals surface area contributed by atoms with Gasteiger partial charge in [0.25, 0.3) is 0 Å². The van der Waals surface area contributed by atoms with Gasteiger partial charge in [-0.05, 0) is 62.4 Å². The summed E-state index contributed by atoms with van der Waals surface area (Å²) in [5.41, 5.74) is 1.45. The summed E-state index contributed by atoms with van der Waals surface area (Å²) in [5.74, 6) is 0.422. The van der Waals surface area contributed by atoms with Crippen LogP contribution in [0.4, 0.5) is 0 Å². The van der Waals surface area contributed by atoms with Gasteiger partial charge in [-0.25, -0.2) is 4.79 Å². The molecule has 1 aromatic rings. The molecule has 0 saturated carbocycles. The number of amides is 1. The summed E-state index contributed by atoms with van der Waals surface area (Å²) in [6.45, 7) is 6.46. The van der Waals surface area contributed by atoms with Crippen LogP contribution in [0.25, 0.3) is 0 Å². The number of carboxylic acid groups (broad SMARTS) is 1. The predicted molar refractivity (Wildman–Crippen MR) is 96.8 cm³/mol. The zero-order valence-corrected chi connectivity index (χ0v) is 15.0. The van der Waals surface area contributed by atoms with Crippen LogP contribution in [0, 0.1) is 5.92 Å². The molecule has 136 valence electrons. The van der Waals surface area contributed by atoms with E-state index in [1.165, 1.54) is 12.8 Å². The molecule has 5 heteroatoms. The fourth-order valence-electron chi connectivity index (χ4n) is 3.89. The Labute approximate surface area is 149 Å². The van der Waals surface area contributed by atoms with Crippen LogP contribution in [0.15, 0.2) is 24.3 Å². The lowest BCUT2D eigenvalue weighted by Gasteiger charge is -2.36. The molecule has 1 aromatic carbocycles. The lowest BCUT2D eigenvalue weighted by Crippen LogP contribution is -2.46. The number of hydrogen-bond acceptors (Lipinski definition) is 3. The van der Waals surface area contributed by atoms with Gasteiger partial charge in [0.15, 0.2) is 0 Å². The molecular formula is C20H28N2O3. The maximum Gasteiger partial charge on any atom is 0.335 e. The quantitative estimate of drug-likeness (QED) is 0.912. The van der Waals surface area contributed by atoms with E-state index in [2.05, 4.69) is 11.8 Å². The Morgan fingerprint density at radius 3 is 2.40 bits per heavy atom. The Morgan fingerprint density at radius 1 is 1.08 bits per heavy atom. The van der Waals surface area contributed by atoms with Crippen molar-refractivity contribution in [1.82, 2.24) is 9.80 Å². The Balaban J connectivity index is 1.56. The third-order valence-corrected chi connectivity index (χ3v) is 5.64. The zero-order chi connectivity index (χ0) is 17.8. The number of carboxylic acids is 1. The van der Waals surface area contributed by atoms with Crippen molar-refractivity contribution in [3.05, 3.63) is 35.4 Å². The van der Waals surface area contributed by atoms with Gasteiger partial charge in [-0.2, -0.15) is 0 Å². The van der Waals surface area contributed by atoms with Crippen LogP contribution < -0.4 is 0 Å². The van der Waals surface area contributed by atoms with E-state index in [9.17, 15) is 9.59 Å². The van der Waals surface area contributed by atoms with E-state index in [1.807, 2.05) is 17.0 Å². The number of rotatable bonds is 4. The van der Waals surface area contributed by atoms with E-state index in [4.69, 9.17) is 5.11 Å². The monoisotopic (exact) mass is 344 g/mol. The molecule has 0 radical (unpaired) electrons. The number of aromatic carboxylic acids is 1. The topological polar surface area (TPSA) is 60.9 Å². The average molecular weight is 344 g/mol. The summed E-state index contributed by atoms with van der Waals surface area (Å²) in [6.07, 6.45) is 4.43. The molecular weight excluding hydrogens is 316 g/mol. The van der Waals surface area contributed by atoms with Gasteiger partial charge in [0.05, 0.1) is 12.1 Å². The molecule has 1 N–H and O–H groups in total. The minimum Gasteiger partial charge on any atom is -0.478 e. The molecule has 0 aliphatic carbocycles. The van der Waals surface area contributed by atoms with Crippen LogP contribution in [0.5, 0.6) is 0 Å². The van der Waals surface area contributed by atoms with Gasteiger partial charge in [0.2, 0.25) is 5.91 Å². The Hall–Kier alpha value is -1.88. The summed E-state index contributed by atoms with van der Waals surface area (Å²) >= 11 is 0. The van der Waals surface area contributed by atoms with Crippen molar-refractivity contribution in [2.75, 3.05) is 32.7 Å². The number of nitrogens with zero attached hydrogens (tertiary/aromatic N) is 2. The molecule has 3 rings (SSSR count). The van der Waals surface area contributed by atoms with Crippen molar-refractivity contribution >= 4 is 11.9 Å². The number of carbonyl (C=O) groups is 2. The molecule has 1 unspecified atom stereocenters. The third kappa shape index (κ3) is 4.60. The van der Waals surface area contributed by atoms with Crippen molar-refractivity contribution in [2.45, 2.75) is 38.5 Å². The summed E-state index contributed by atoms with van der Waals surface area (Å²) in [5, 5.41) is 9.02. The maximum atomic E-state index is 12.7. The number of likely N-dealkylation sites (tertiary alicyclic amines) is 2. The van der Waals surface area contributed by atoms with Crippen molar-refractivity contribution in [1.29, 1.82) is 0 Å². The van der Waals surface area contributed by atoms with Crippen molar-refractivity contribution in [3.63, 3.8) is 0 Å². The lowest BCUT2D eigenvalue weighted by atomic mass is 9.90. The number of hydrogen-bond donors (Lipinski definition) is 1. The van der Waals surface area contributed by atoms with E-state index < -0.39 is 5.97 Å². The van der Waals surface area contributed by atoms with Gasteiger partial charge in [-0.1, -0.05) is 19.1 Å². The first-order chi connectivity index (χ1) is 12.0. The number of piperidine rings is 2. The second kappa shape index (κ2) is 8.00. The van der Waals surface area contributed by atoms with Crippen molar-refractivity contribution in [3.8, 4) is 0 Å². The van der Waals surface area contributed by atoms with Crippen molar-refractivity contribution in [2.24, 2.45) is 5.92 Å². The van der Waals surface area contributed by atoms with E-state index in [1.54, 1.807) is 12.1 Å². The highest BCUT2D eigenvalue weighted by molar-refractivity contribution is 5.87. The minimum absolute atomic E-state index is 0.237. The van der Waals surface area contributed by atoms with E-state index >= 15 is 0 Å². The molecule has 0 spiro atoms. The molecule has 0 aromatic heterocycles. The fourth-order valence-corrected chi connectivity index (χ4v) is 3.89. The summed E-state index contributed by atoms with van der Waals surface area (Å²) in [6, 6.07) is 7.11. The smallest absolute Gasteiger partial charge is 0.335 e. The summed E-state index contributed by atoms with van der Waals surface area (Å²) in [7, 11) is 0. The molecule has 1 amide bonds. The van der Waals surface area contributed by atoms with Crippen LogP contribution >= 0.6 is 0 Å². The van der Waals surface area contributed by atoms with Gasteiger partial charge in [0, 0.05) is 19.0 Å². The van der Waals surface area contributed by atoms with Crippen LogP contribution in [-0.4, -0.2) is 59.5 Å². The minimum atomic E-state index is -0.900. The van der Waals surface area contributed by atoms with Gasteiger partial charge < -0.3 is 10.0 Å². The van der Waals surface area contributed by atoms with Crippen LogP contribution in [0.1, 0.15) is 54.4 Å². The summed E-state index contributed by atoms with van der Waals surface area (Å²) < 4.78 is 0. The first-order valence-electron chi connectivity index (χ1n) is 9.36. The second-order valence-electron chi connectivity index (χ2n) is 7.56. The highest BCUT2D eigenvalue weighted by Crippen LogP contribution is 2.27. The lowest BCUT2D eigenvalue weighted by molar-refractivity contribution is -0.134. The van der Waals surface area contributed by atoms with Gasteiger partial charge in [-0.3, -0.25) is 9.69 Å². The highest BCUT2D eigenvalue weighted by atomic mass is 16.4. The Bertz CT molecular complexity index is 606. The normalized spacial score (nSPS) is 22.8. The highest BCUT2D eigenvalue weighted by Gasteiger charge is 2.27. The third-order valence-electron chi connectivity index (χ3n) is 5.64. The van der Waals surface area contributed by atoms with Crippen LogP contribution in [0.2, 0.25) is 0 Å². The molecule has 2 saturated heterocycles. The van der Waals surface area contributed by atoms with Gasteiger partial charge in [-0.15, -0.1) is 0 Å². The van der Waals surface area contributed by atoms with Crippen LogP contribution in [-0.2, 0) is 4.79 Å². The molecule has 2 fully saturated rings. The standard InChI is InChI=1S/C20H28N2O3/c1-15-8-11-21(12-9-15)14-19(23)22-10-2-3-18(13-22)16-4-6-17(7-5-16)20(24)25/h4-7,15,18H,2-3,8-14H2,1H3,(H,24,25). The summed E-state index contributed by atoms with van der Waals surface area (Å²) in [4.78, 5) is 27.9. The van der Waals surface area contributed by atoms with E-state index in [0.717, 1.165) is 50.5 Å². The first kappa shape index (κ1) is 17.9. The molecule has 0 bridgehead atoms. The maximum absolute atomic E-state index is 12.7.